The summed E-state index contributed by atoms with van der Waals surface area (Å²) in [5.74, 6) is 0. The van der Waals surface area contributed by atoms with Crippen LogP contribution >= 0.6 is 7.82 Å². The van der Waals surface area contributed by atoms with E-state index >= 15 is 0 Å². The molecule has 0 rings (SSSR count). The predicted octanol–water partition coefficient (Wildman–Crippen LogP) is 0.269. The van der Waals surface area contributed by atoms with Crippen LogP contribution in [-0.4, -0.2) is 91.1 Å². The third kappa shape index (κ3) is 6.48. The molecule has 0 aliphatic heterocycles. The highest BCUT2D eigenvalue weighted by Crippen LogP contribution is 2.56. The summed E-state index contributed by atoms with van der Waals surface area (Å²) >= 11 is 0. The zero-order valence-electron chi connectivity index (χ0n) is 16.3. The van der Waals surface area contributed by atoms with Crippen LogP contribution in [0.5, 0.6) is 0 Å². The van der Waals surface area contributed by atoms with Gasteiger partial charge in [0.05, 0.1) is 0 Å². The van der Waals surface area contributed by atoms with E-state index in [1.807, 2.05) is 0 Å². The van der Waals surface area contributed by atoms with Crippen molar-refractivity contribution in [1.29, 1.82) is 0 Å². The van der Waals surface area contributed by atoms with Crippen LogP contribution in [0.1, 0.15) is 0 Å². The number of rotatable bonds is 15. The molecule has 0 aliphatic rings. The quantitative estimate of drug-likeness (QED) is 0.246. The van der Waals surface area contributed by atoms with Crippen LogP contribution in [-0.2, 0) is 57.0 Å². The molecule has 158 valence electrons. The highest BCUT2D eigenvalue weighted by atomic mass is 31.2. The monoisotopic (exact) mass is 458 g/mol. The maximum atomic E-state index is 13.4. The molecule has 0 saturated heterocycles. The van der Waals surface area contributed by atoms with E-state index in [0.29, 0.717) is 0 Å². The van der Waals surface area contributed by atoms with E-state index in [4.69, 9.17) is 52.5 Å². The largest absolute Gasteiger partial charge is 0.687 e. The first-order valence-electron chi connectivity index (χ1n) is 6.85. The predicted molar refractivity (Wildman–Crippen MR) is 91.2 cm³/mol. The molecule has 0 aromatic heterocycles. The lowest BCUT2D eigenvalue weighted by Crippen LogP contribution is -2.52. The molecular weight excluding hydrogens is 431 g/mol. The average Bonchev–Trinajstić information content (AvgIpc) is 2.69. The van der Waals surface area contributed by atoms with E-state index in [1.165, 1.54) is 64.0 Å². The smallest absolute Gasteiger partial charge is 0.354 e. The van der Waals surface area contributed by atoms with Crippen LogP contribution in [0.25, 0.3) is 0 Å². The van der Waals surface area contributed by atoms with Crippen LogP contribution in [0.15, 0.2) is 0 Å². The lowest BCUT2D eigenvalue weighted by molar-refractivity contribution is -0.00257. The van der Waals surface area contributed by atoms with Crippen molar-refractivity contribution in [2.75, 3.05) is 64.0 Å². The molecule has 0 N–H and O–H groups in total. The van der Waals surface area contributed by atoms with Crippen LogP contribution in [0.2, 0.25) is 0 Å². The molecule has 0 amide bonds. The first-order valence-corrected chi connectivity index (χ1v) is 13.2. The molecule has 0 aliphatic carbocycles. The Morgan fingerprint density at radius 3 is 0.692 bits per heavy atom. The summed E-state index contributed by atoms with van der Waals surface area (Å²) in [7, 11) is -5.42. The minimum atomic E-state index is -4.67. The van der Waals surface area contributed by atoms with Gasteiger partial charge in [-0.2, -0.15) is 0 Å². The molecule has 0 spiro atoms. The maximum Gasteiger partial charge on any atom is 0.687 e. The van der Waals surface area contributed by atoms with Gasteiger partial charge in [-0.05, 0) is 0 Å². The Kier molecular flexibility index (Phi) is 11.6. The summed E-state index contributed by atoms with van der Waals surface area (Å²) in [6, 6.07) is 0. The fourth-order valence-corrected chi connectivity index (χ4v) is 10.5. The van der Waals surface area contributed by atoms with E-state index in [9.17, 15) is 4.57 Å². The summed E-state index contributed by atoms with van der Waals surface area (Å²) in [5, 5.41) is 0. The number of phosphoric acid groups is 1. The van der Waals surface area contributed by atoms with E-state index in [1.54, 1.807) is 0 Å². The van der Waals surface area contributed by atoms with Crippen molar-refractivity contribution in [3.63, 3.8) is 0 Å². The van der Waals surface area contributed by atoms with Crippen molar-refractivity contribution >= 4 is 35.0 Å². The SMILES string of the molecule is CO[Si](OC)(OC)OP(=O)(O[Si](OC)(OC)OC)O[Si](OC)(OC)OC. The van der Waals surface area contributed by atoms with Gasteiger partial charge >= 0.3 is 35.0 Å². The summed E-state index contributed by atoms with van der Waals surface area (Å²) in [6.07, 6.45) is 0. The Labute approximate surface area is 156 Å². The minimum Gasteiger partial charge on any atom is -0.354 e. The highest BCUT2D eigenvalue weighted by molar-refractivity contribution is 7.53. The Balaban J connectivity index is 6.04. The Morgan fingerprint density at radius 2 is 0.577 bits per heavy atom. The van der Waals surface area contributed by atoms with Gasteiger partial charge in [0.2, 0.25) is 0 Å². The third-order valence-electron chi connectivity index (χ3n) is 2.92. The first kappa shape index (κ1) is 26.4. The van der Waals surface area contributed by atoms with Gasteiger partial charge in [0.15, 0.2) is 0 Å². The van der Waals surface area contributed by atoms with Crippen molar-refractivity contribution in [2.24, 2.45) is 0 Å². The van der Waals surface area contributed by atoms with Gasteiger partial charge in [-0.25, -0.2) is 4.57 Å². The molecule has 0 fully saturated rings. The number of hydrogen-bond acceptors (Lipinski definition) is 13. The summed E-state index contributed by atoms with van der Waals surface area (Å²) < 4.78 is 75.3. The number of hydrogen-bond donors (Lipinski definition) is 0. The molecule has 0 saturated carbocycles. The van der Waals surface area contributed by atoms with Gasteiger partial charge in [-0.3, -0.25) is 12.6 Å². The normalized spacial score (nSPS) is 14.0. The standard InChI is InChI=1S/C9H27O13PSi3/c1-11-24(12-2,13-3)20-23(10,21-25(14-4,15-5)16-6)22-26(17-7,18-8)19-9/h1-9H3. The lowest BCUT2D eigenvalue weighted by atomic mass is 11.8. The van der Waals surface area contributed by atoms with E-state index in [2.05, 4.69) is 0 Å². The molecule has 0 atom stereocenters. The van der Waals surface area contributed by atoms with Crippen LogP contribution in [0.3, 0.4) is 0 Å². The first-order chi connectivity index (χ1) is 12.2. The summed E-state index contributed by atoms with van der Waals surface area (Å²) in [4.78, 5) is 0. The van der Waals surface area contributed by atoms with Crippen LogP contribution in [0, 0.1) is 0 Å². The maximum absolute atomic E-state index is 13.4. The fourth-order valence-electron chi connectivity index (χ4n) is 1.55. The van der Waals surface area contributed by atoms with Crippen molar-refractivity contribution < 1.29 is 57.0 Å². The zero-order valence-corrected chi connectivity index (χ0v) is 20.1. The van der Waals surface area contributed by atoms with Gasteiger partial charge < -0.3 is 39.8 Å². The summed E-state index contributed by atoms with van der Waals surface area (Å²) in [5.41, 5.74) is 0. The Hall–Kier alpha value is 0.401. The second-order valence-electron chi connectivity index (χ2n) is 4.06. The fraction of sp³-hybridized carbons (Fsp3) is 1.00. The molecule has 13 nitrogen and oxygen atoms in total. The molecule has 0 aromatic carbocycles. The zero-order chi connectivity index (χ0) is 20.5. The highest BCUT2D eigenvalue weighted by Gasteiger charge is 2.62. The van der Waals surface area contributed by atoms with Crippen molar-refractivity contribution in [3.8, 4) is 0 Å². The van der Waals surface area contributed by atoms with Crippen LogP contribution < -0.4 is 0 Å². The van der Waals surface area contributed by atoms with Crippen molar-refractivity contribution in [3.05, 3.63) is 0 Å². The van der Waals surface area contributed by atoms with Gasteiger partial charge in [-0.1, -0.05) is 0 Å². The second-order valence-corrected chi connectivity index (χ2v) is 13.8. The Morgan fingerprint density at radius 1 is 0.423 bits per heavy atom. The van der Waals surface area contributed by atoms with Gasteiger partial charge in [0.1, 0.15) is 0 Å². The molecule has 0 bridgehead atoms. The molecule has 0 unspecified atom stereocenters. The summed E-state index contributed by atoms with van der Waals surface area (Å²) in [6.45, 7) is 0. The van der Waals surface area contributed by atoms with E-state index in [-0.39, 0.29) is 0 Å². The van der Waals surface area contributed by atoms with Gasteiger partial charge in [-0.15, -0.1) is 0 Å². The second kappa shape index (κ2) is 11.4. The topological polar surface area (TPSA) is 128 Å². The third-order valence-corrected chi connectivity index (χ3v) is 12.8. The van der Waals surface area contributed by atoms with Gasteiger partial charge in [0.25, 0.3) is 0 Å². The van der Waals surface area contributed by atoms with E-state index in [0.717, 1.165) is 0 Å². The Bertz CT molecular complexity index is 356. The van der Waals surface area contributed by atoms with E-state index < -0.39 is 35.0 Å². The van der Waals surface area contributed by atoms with Crippen molar-refractivity contribution in [2.45, 2.75) is 0 Å². The molecule has 0 heterocycles. The molecular formula is C9H27O13PSi3. The minimum absolute atomic E-state index is 1.23. The molecule has 0 aromatic rings. The van der Waals surface area contributed by atoms with Crippen LogP contribution in [0.4, 0.5) is 0 Å². The van der Waals surface area contributed by atoms with Crippen molar-refractivity contribution in [1.82, 2.24) is 0 Å². The molecule has 0 radical (unpaired) electrons. The average molecular weight is 459 g/mol. The lowest BCUT2D eigenvalue weighted by Gasteiger charge is -2.33. The molecule has 17 heteroatoms. The molecule has 26 heavy (non-hydrogen) atoms. The van der Waals surface area contributed by atoms with Gasteiger partial charge in [0, 0.05) is 64.0 Å².